The van der Waals surface area contributed by atoms with Crippen molar-refractivity contribution in [3.63, 3.8) is 0 Å². The molecule has 0 bridgehead atoms. The molecular weight excluding hydrogens is 469 g/mol. The van der Waals surface area contributed by atoms with Crippen LogP contribution in [0.2, 0.25) is 0 Å². The second kappa shape index (κ2) is 8.71. The monoisotopic (exact) mass is 500 g/mol. The quantitative estimate of drug-likeness (QED) is 0.522. The summed E-state index contributed by atoms with van der Waals surface area (Å²) >= 11 is 0. The minimum Gasteiger partial charge on any atom is -0.478 e. The Morgan fingerprint density at radius 2 is 1.74 bits per heavy atom. The van der Waals surface area contributed by atoms with E-state index in [9.17, 15) is 31.5 Å². The van der Waals surface area contributed by atoms with Gasteiger partial charge in [0.2, 0.25) is 10.0 Å². The number of sulfonamides is 1. The molecule has 0 unspecified atom stereocenters. The number of hydrogen-bond acceptors (Lipinski definition) is 3. The average Bonchev–Trinajstić information content (AvgIpc) is 3.23. The van der Waals surface area contributed by atoms with Crippen LogP contribution in [0, 0.1) is 12.3 Å². The first-order chi connectivity index (χ1) is 15.4. The van der Waals surface area contributed by atoms with Crippen molar-refractivity contribution >= 4 is 16.0 Å². The molecule has 1 aliphatic carbocycles. The molecule has 6 nitrogen and oxygen atoms in total. The van der Waals surface area contributed by atoms with Gasteiger partial charge in [-0.15, -0.1) is 0 Å². The van der Waals surface area contributed by atoms with Crippen LogP contribution >= 0.6 is 0 Å². The number of aromatic nitrogens is 1. The van der Waals surface area contributed by atoms with Crippen molar-refractivity contribution in [3.05, 3.63) is 41.1 Å². The molecule has 1 fully saturated rings. The van der Waals surface area contributed by atoms with Gasteiger partial charge in [0.05, 0.1) is 16.0 Å². The maximum atomic E-state index is 14.0. The summed E-state index contributed by atoms with van der Waals surface area (Å²) in [6, 6.07) is 4.41. The molecule has 1 aromatic carbocycles. The molecule has 10 heteroatoms. The van der Waals surface area contributed by atoms with Crippen LogP contribution in [0.4, 0.5) is 13.2 Å². The molecule has 0 aliphatic heterocycles. The lowest BCUT2D eigenvalue weighted by molar-refractivity contribution is -0.139. The number of carboxylic acids is 1. The van der Waals surface area contributed by atoms with Gasteiger partial charge in [-0.3, -0.25) is 0 Å². The Kier molecular flexibility index (Phi) is 6.73. The third-order valence-corrected chi connectivity index (χ3v) is 8.07. The minimum absolute atomic E-state index is 0.0104. The Morgan fingerprint density at radius 3 is 2.24 bits per heavy atom. The Hall–Kier alpha value is -2.33. The topological polar surface area (TPSA) is 88.4 Å². The third-order valence-electron chi connectivity index (χ3n) is 6.26. The molecule has 3 rings (SSSR count). The first kappa shape index (κ1) is 26.3. The van der Waals surface area contributed by atoms with Crippen LogP contribution in [0.15, 0.2) is 29.2 Å². The smallest absolute Gasteiger partial charge is 0.417 e. The van der Waals surface area contributed by atoms with E-state index in [1.165, 1.54) is 12.1 Å². The summed E-state index contributed by atoms with van der Waals surface area (Å²) in [6.45, 7) is 8.83. The van der Waals surface area contributed by atoms with Gasteiger partial charge < -0.3 is 9.67 Å². The molecule has 0 spiro atoms. The molecule has 2 N–H and O–H groups in total. The molecule has 1 aliphatic rings. The van der Waals surface area contributed by atoms with Gasteiger partial charge >= 0.3 is 12.1 Å². The zero-order valence-electron chi connectivity index (χ0n) is 20.0. The summed E-state index contributed by atoms with van der Waals surface area (Å²) in [4.78, 5) is 10.9. The molecule has 0 atom stereocenters. The number of carbonyl (C=O) groups is 1. The fraction of sp³-hybridized carbons (Fsp3) is 0.542. The zero-order valence-corrected chi connectivity index (χ0v) is 20.8. The SMILES string of the molecule is Cc1c(C(=O)O)cc(-c2ccc(S(=O)(=O)NC(C)(C)C)c(C(F)(F)F)c2)n1CC1(C)CCCC1. The van der Waals surface area contributed by atoms with E-state index in [1.807, 2.05) is 0 Å². The van der Waals surface area contributed by atoms with Crippen LogP contribution in [0.25, 0.3) is 11.3 Å². The Morgan fingerprint density at radius 1 is 1.15 bits per heavy atom. The number of nitrogens with one attached hydrogen (secondary N) is 1. The normalized spacial score (nSPS) is 16.7. The van der Waals surface area contributed by atoms with Crippen molar-refractivity contribution in [2.24, 2.45) is 5.41 Å². The van der Waals surface area contributed by atoms with Gasteiger partial charge in [-0.1, -0.05) is 25.8 Å². The molecule has 0 amide bonds. The largest absolute Gasteiger partial charge is 0.478 e. The lowest BCUT2D eigenvalue weighted by atomic mass is 9.88. The predicted molar refractivity (Wildman–Crippen MR) is 123 cm³/mol. The van der Waals surface area contributed by atoms with Gasteiger partial charge in [-0.2, -0.15) is 13.2 Å². The second-order valence-electron chi connectivity index (χ2n) is 10.5. The third kappa shape index (κ3) is 5.49. The van der Waals surface area contributed by atoms with Gasteiger partial charge in [-0.05, 0) is 69.7 Å². The summed E-state index contributed by atoms with van der Waals surface area (Å²) in [5, 5.41) is 9.64. The molecule has 2 aromatic rings. The van der Waals surface area contributed by atoms with Crippen molar-refractivity contribution in [3.8, 4) is 11.3 Å². The van der Waals surface area contributed by atoms with Crippen LogP contribution in [-0.4, -0.2) is 29.6 Å². The lowest BCUT2D eigenvalue weighted by Crippen LogP contribution is -2.41. The highest BCUT2D eigenvalue weighted by Crippen LogP contribution is 2.42. The molecule has 1 heterocycles. The summed E-state index contributed by atoms with van der Waals surface area (Å²) in [5.41, 5.74) is -1.47. The molecule has 188 valence electrons. The van der Waals surface area contributed by atoms with E-state index in [2.05, 4.69) is 11.6 Å². The Labute approximate surface area is 198 Å². The summed E-state index contributed by atoms with van der Waals surface area (Å²) in [6.07, 6.45) is -0.962. The number of alkyl halides is 3. The van der Waals surface area contributed by atoms with Crippen LogP contribution in [-0.2, 0) is 22.7 Å². The van der Waals surface area contributed by atoms with Gasteiger partial charge in [0, 0.05) is 23.5 Å². The van der Waals surface area contributed by atoms with Gasteiger partial charge in [0.15, 0.2) is 0 Å². The Balaban J connectivity index is 2.20. The van der Waals surface area contributed by atoms with Crippen LogP contribution < -0.4 is 4.72 Å². The average molecular weight is 501 g/mol. The van der Waals surface area contributed by atoms with Crippen LogP contribution in [0.1, 0.15) is 75.0 Å². The van der Waals surface area contributed by atoms with Gasteiger partial charge in [0.1, 0.15) is 0 Å². The van der Waals surface area contributed by atoms with Crippen LogP contribution in [0.3, 0.4) is 0 Å². The molecule has 0 saturated heterocycles. The number of nitrogens with zero attached hydrogens (tertiary/aromatic N) is 1. The van der Waals surface area contributed by atoms with E-state index in [0.717, 1.165) is 37.8 Å². The highest BCUT2D eigenvalue weighted by atomic mass is 32.2. The summed E-state index contributed by atoms with van der Waals surface area (Å²) in [5.74, 6) is -1.17. The van der Waals surface area contributed by atoms with Crippen LogP contribution in [0.5, 0.6) is 0 Å². The summed E-state index contributed by atoms with van der Waals surface area (Å²) in [7, 11) is -4.46. The number of carboxylic acid groups (broad SMARTS) is 1. The van der Waals surface area contributed by atoms with E-state index in [0.29, 0.717) is 17.9 Å². The molecule has 34 heavy (non-hydrogen) atoms. The van der Waals surface area contributed by atoms with E-state index in [-0.39, 0.29) is 16.5 Å². The Bertz CT molecular complexity index is 1200. The highest BCUT2D eigenvalue weighted by molar-refractivity contribution is 7.89. The number of aromatic carboxylic acids is 1. The predicted octanol–water partition coefficient (Wildman–Crippen LogP) is 5.84. The van der Waals surface area contributed by atoms with Gasteiger partial charge in [-0.25, -0.2) is 17.9 Å². The fourth-order valence-corrected chi connectivity index (χ4v) is 6.30. The molecule has 0 radical (unpaired) electrons. The second-order valence-corrected chi connectivity index (χ2v) is 12.2. The van der Waals surface area contributed by atoms with Crippen molar-refractivity contribution in [2.75, 3.05) is 0 Å². The van der Waals surface area contributed by atoms with Crippen molar-refractivity contribution in [2.45, 2.75) is 83.5 Å². The molecule has 1 aromatic heterocycles. The maximum absolute atomic E-state index is 14.0. The van der Waals surface area contributed by atoms with E-state index in [4.69, 9.17) is 0 Å². The lowest BCUT2D eigenvalue weighted by Gasteiger charge is -2.27. The number of hydrogen-bond donors (Lipinski definition) is 2. The van der Waals surface area contributed by atoms with Gasteiger partial charge in [0.25, 0.3) is 0 Å². The molecule has 1 saturated carbocycles. The van der Waals surface area contributed by atoms with Crippen molar-refractivity contribution in [1.82, 2.24) is 9.29 Å². The minimum atomic E-state index is -4.93. The standard InChI is InChI=1S/C24H31F3N2O4S/c1-15-17(21(30)31)13-19(29(15)14-23(5)10-6-7-11-23)16-8-9-20(18(12-16)24(25,26)27)34(32,33)28-22(2,3)4/h8-9,12-13,28H,6-7,10-11,14H2,1-5H3,(H,30,31). The molecular formula is C24H31F3N2O4S. The van der Waals surface area contributed by atoms with Crippen molar-refractivity contribution < 1.29 is 31.5 Å². The first-order valence-electron chi connectivity index (χ1n) is 11.1. The number of rotatable bonds is 6. The number of benzene rings is 1. The first-order valence-corrected chi connectivity index (χ1v) is 12.6. The highest BCUT2D eigenvalue weighted by Gasteiger charge is 2.39. The fourth-order valence-electron chi connectivity index (χ4n) is 4.68. The number of halogens is 3. The maximum Gasteiger partial charge on any atom is 0.417 e. The summed E-state index contributed by atoms with van der Waals surface area (Å²) < 4.78 is 71.6. The van der Waals surface area contributed by atoms with E-state index in [1.54, 1.807) is 32.3 Å². The van der Waals surface area contributed by atoms with E-state index >= 15 is 0 Å². The van der Waals surface area contributed by atoms with Crippen molar-refractivity contribution in [1.29, 1.82) is 0 Å². The zero-order chi connectivity index (χ0) is 25.7. The van der Waals surface area contributed by atoms with E-state index < -0.39 is 38.2 Å².